The summed E-state index contributed by atoms with van der Waals surface area (Å²) in [6, 6.07) is 4.34. The predicted molar refractivity (Wildman–Crippen MR) is 72.8 cm³/mol. The lowest BCUT2D eigenvalue weighted by atomic mass is 10.2. The summed E-state index contributed by atoms with van der Waals surface area (Å²) in [7, 11) is -3.60. The molecule has 3 rings (SSSR count). The van der Waals surface area contributed by atoms with E-state index < -0.39 is 10.0 Å². The maximum absolute atomic E-state index is 12.6. The first-order valence-corrected chi connectivity index (χ1v) is 8.02. The van der Waals surface area contributed by atoms with Gasteiger partial charge in [0.05, 0.1) is 17.9 Å². The smallest absolute Gasteiger partial charge is 0.243 e. The fraction of sp³-hybridized carbons (Fsp3) is 0.462. The zero-order valence-electron chi connectivity index (χ0n) is 10.9. The second-order valence-corrected chi connectivity index (χ2v) is 7.03. The number of aliphatic hydroxyl groups excluding tert-OH is 1. The van der Waals surface area contributed by atoms with Crippen molar-refractivity contribution in [2.45, 2.75) is 30.2 Å². The molecule has 7 heteroatoms. The van der Waals surface area contributed by atoms with E-state index in [1.54, 1.807) is 12.1 Å². The van der Waals surface area contributed by atoms with Crippen LogP contribution in [-0.4, -0.2) is 42.9 Å². The lowest BCUT2D eigenvalue weighted by Crippen LogP contribution is -2.37. The maximum atomic E-state index is 12.6. The molecule has 0 saturated carbocycles. The highest BCUT2D eigenvalue weighted by Crippen LogP contribution is 2.30. The van der Waals surface area contributed by atoms with Crippen LogP contribution in [-0.2, 0) is 21.2 Å². The van der Waals surface area contributed by atoms with Crippen LogP contribution in [0, 0.1) is 0 Å². The molecule has 1 fully saturated rings. The molecule has 0 unspecified atom stereocenters. The number of nitrogens with one attached hydrogen (secondary N) is 1. The van der Waals surface area contributed by atoms with Crippen LogP contribution in [0.15, 0.2) is 23.1 Å². The van der Waals surface area contributed by atoms with Crippen molar-refractivity contribution in [3.63, 3.8) is 0 Å². The average Bonchev–Trinajstić information content (AvgIpc) is 3.02. The Morgan fingerprint density at radius 2 is 2.20 bits per heavy atom. The van der Waals surface area contributed by atoms with E-state index in [0.717, 1.165) is 6.42 Å². The third-order valence-electron chi connectivity index (χ3n) is 3.84. The molecule has 0 radical (unpaired) electrons. The van der Waals surface area contributed by atoms with Gasteiger partial charge in [0.15, 0.2) is 0 Å². The van der Waals surface area contributed by atoms with Crippen molar-refractivity contribution < 1.29 is 18.3 Å². The highest BCUT2D eigenvalue weighted by atomic mass is 32.2. The van der Waals surface area contributed by atoms with Gasteiger partial charge in [-0.15, -0.1) is 0 Å². The summed E-state index contributed by atoms with van der Waals surface area (Å²) in [5.74, 6) is -0.121. The van der Waals surface area contributed by atoms with Crippen LogP contribution in [0.25, 0.3) is 0 Å². The van der Waals surface area contributed by atoms with Crippen molar-refractivity contribution in [1.82, 2.24) is 4.31 Å². The van der Waals surface area contributed by atoms with Gasteiger partial charge in [-0.1, -0.05) is 0 Å². The number of carbonyl (C=O) groups is 1. The summed E-state index contributed by atoms with van der Waals surface area (Å²) in [5, 5.41) is 12.0. The van der Waals surface area contributed by atoms with E-state index in [4.69, 9.17) is 0 Å². The van der Waals surface area contributed by atoms with E-state index in [0.29, 0.717) is 24.2 Å². The molecule has 1 amide bonds. The van der Waals surface area contributed by atoms with Gasteiger partial charge in [0.2, 0.25) is 15.9 Å². The Morgan fingerprint density at radius 3 is 2.95 bits per heavy atom. The summed E-state index contributed by atoms with van der Waals surface area (Å²) >= 11 is 0. The molecule has 0 aliphatic carbocycles. The van der Waals surface area contributed by atoms with E-state index in [1.165, 1.54) is 10.4 Å². The molecule has 6 nitrogen and oxygen atoms in total. The monoisotopic (exact) mass is 296 g/mol. The van der Waals surface area contributed by atoms with Crippen LogP contribution in [0.4, 0.5) is 5.69 Å². The second kappa shape index (κ2) is 4.83. The number of hydrogen-bond donors (Lipinski definition) is 2. The number of aliphatic hydroxyl groups is 1. The number of nitrogens with zero attached hydrogens (tertiary/aromatic N) is 1. The minimum atomic E-state index is -3.60. The van der Waals surface area contributed by atoms with Gasteiger partial charge in [0.25, 0.3) is 0 Å². The zero-order chi connectivity index (χ0) is 14.3. The molecule has 20 heavy (non-hydrogen) atoms. The Kier molecular flexibility index (Phi) is 3.27. The van der Waals surface area contributed by atoms with E-state index in [-0.39, 0.29) is 29.9 Å². The van der Waals surface area contributed by atoms with E-state index in [1.807, 2.05) is 0 Å². The van der Waals surface area contributed by atoms with Crippen molar-refractivity contribution in [2.75, 3.05) is 18.5 Å². The number of anilines is 1. The lowest BCUT2D eigenvalue weighted by Gasteiger charge is -2.22. The Bertz CT molecular complexity index is 656. The van der Waals surface area contributed by atoms with Crippen LogP contribution in [0.5, 0.6) is 0 Å². The second-order valence-electron chi connectivity index (χ2n) is 5.14. The minimum Gasteiger partial charge on any atom is -0.395 e. The number of hydrogen-bond acceptors (Lipinski definition) is 4. The molecule has 1 aromatic rings. The molecule has 1 saturated heterocycles. The van der Waals surface area contributed by atoms with Gasteiger partial charge in [-0.25, -0.2) is 8.42 Å². The Labute approximate surface area is 117 Å². The molecule has 0 bridgehead atoms. The quantitative estimate of drug-likeness (QED) is 0.841. The van der Waals surface area contributed by atoms with Crippen molar-refractivity contribution in [3.8, 4) is 0 Å². The van der Waals surface area contributed by atoms with Crippen molar-refractivity contribution in [2.24, 2.45) is 0 Å². The van der Waals surface area contributed by atoms with E-state index in [2.05, 4.69) is 5.32 Å². The van der Waals surface area contributed by atoms with E-state index >= 15 is 0 Å². The molecule has 108 valence electrons. The van der Waals surface area contributed by atoms with Gasteiger partial charge in [0, 0.05) is 18.3 Å². The molecule has 2 aliphatic rings. The molecule has 2 heterocycles. The van der Waals surface area contributed by atoms with Gasteiger partial charge in [-0.3, -0.25) is 4.79 Å². The molecular weight excluding hydrogens is 280 g/mol. The Balaban J connectivity index is 1.96. The Morgan fingerprint density at radius 1 is 1.40 bits per heavy atom. The fourth-order valence-corrected chi connectivity index (χ4v) is 4.55. The van der Waals surface area contributed by atoms with E-state index in [9.17, 15) is 18.3 Å². The number of sulfonamides is 1. The lowest BCUT2D eigenvalue weighted by molar-refractivity contribution is -0.115. The molecule has 1 atom stereocenters. The standard InChI is InChI=1S/C13H16N2O4S/c16-8-10-2-1-5-15(10)20(18,19)11-3-4-12-9(6-11)7-13(17)14-12/h3-4,6,10,16H,1-2,5,7-8H2,(H,14,17)/t10-/m0/s1. The normalized spacial score (nSPS) is 22.9. The van der Waals surface area contributed by atoms with Crippen LogP contribution < -0.4 is 5.32 Å². The minimum absolute atomic E-state index is 0.121. The third kappa shape index (κ3) is 2.11. The first kappa shape index (κ1) is 13.5. The average molecular weight is 296 g/mol. The number of amides is 1. The zero-order valence-corrected chi connectivity index (χ0v) is 11.7. The Hall–Kier alpha value is -1.44. The first-order valence-electron chi connectivity index (χ1n) is 6.58. The fourth-order valence-electron chi connectivity index (χ4n) is 2.81. The van der Waals surface area contributed by atoms with Crippen LogP contribution in [0.1, 0.15) is 18.4 Å². The maximum Gasteiger partial charge on any atom is 0.243 e. The molecule has 2 N–H and O–H groups in total. The van der Waals surface area contributed by atoms with Gasteiger partial charge in [-0.2, -0.15) is 4.31 Å². The number of carbonyl (C=O) groups excluding carboxylic acids is 1. The summed E-state index contributed by atoms with van der Waals surface area (Å²) in [6.45, 7) is 0.270. The summed E-state index contributed by atoms with van der Waals surface area (Å²) in [5.41, 5.74) is 1.38. The third-order valence-corrected chi connectivity index (χ3v) is 5.79. The van der Waals surface area contributed by atoms with Crippen LogP contribution >= 0.6 is 0 Å². The highest BCUT2D eigenvalue weighted by Gasteiger charge is 2.35. The highest BCUT2D eigenvalue weighted by molar-refractivity contribution is 7.89. The molecule has 0 spiro atoms. The van der Waals surface area contributed by atoms with Crippen LogP contribution in [0.2, 0.25) is 0 Å². The predicted octanol–water partition coefficient (Wildman–Crippen LogP) is 0.327. The molecule has 1 aromatic carbocycles. The van der Waals surface area contributed by atoms with Gasteiger partial charge >= 0.3 is 0 Å². The summed E-state index contributed by atoms with van der Waals surface area (Å²) in [4.78, 5) is 11.5. The van der Waals surface area contributed by atoms with Gasteiger partial charge in [-0.05, 0) is 36.6 Å². The topological polar surface area (TPSA) is 86.7 Å². The van der Waals surface area contributed by atoms with Gasteiger partial charge in [0.1, 0.15) is 0 Å². The number of benzene rings is 1. The first-order chi connectivity index (χ1) is 9.52. The summed E-state index contributed by atoms with van der Waals surface area (Å²) in [6.07, 6.45) is 1.65. The van der Waals surface area contributed by atoms with Crippen LogP contribution in [0.3, 0.4) is 0 Å². The van der Waals surface area contributed by atoms with Crippen molar-refractivity contribution >= 4 is 21.6 Å². The van der Waals surface area contributed by atoms with Crippen molar-refractivity contribution in [1.29, 1.82) is 0 Å². The summed E-state index contributed by atoms with van der Waals surface area (Å²) < 4.78 is 26.5. The largest absolute Gasteiger partial charge is 0.395 e. The SMILES string of the molecule is O=C1Cc2cc(S(=O)(=O)N3CCC[C@H]3CO)ccc2N1. The van der Waals surface area contributed by atoms with Gasteiger partial charge < -0.3 is 10.4 Å². The number of fused-ring (bicyclic) bond motifs is 1. The van der Waals surface area contributed by atoms with Crippen molar-refractivity contribution in [3.05, 3.63) is 23.8 Å². The number of rotatable bonds is 3. The molecular formula is C13H16N2O4S. The molecule has 0 aromatic heterocycles. The molecule has 2 aliphatic heterocycles.